The summed E-state index contributed by atoms with van der Waals surface area (Å²) in [5.74, 6) is 1.81. The zero-order chi connectivity index (χ0) is 16.6. The van der Waals surface area contributed by atoms with Crippen molar-refractivity contribution in [2.45, 2.75) is 19.8 Å². The zero-order valence-electron chi connectivity index (χ0n) is 13.7. The van der Waals surface area contributed by atoms with E-state index in [0.717, 1.165) is 38.7 Å². The lowest BCUT2D eigenvalue weighted by molar-refractivity contribution is 0.355. The maximum Gasteiger partial charge on any atom is 0.161 e. The Kier molecular flexibility index (Phi) is 4.22. The van der Waals surface area contributed by atoms with Crippen molar-refractivity contribution >= 4 is 22.5 Å². The molecule has 0 saturated heterocycles. The highest BCUT2D eigenvalue weighted by atomic mass is 35.5. The Labute approximate surface area is 141 Å². The maximum atomic E-state index is 6.19. The van der Waals surface area contributed by atoms with Crippen LogP contribution in [-0.4, -0.2) is 19.2 Å². The molecule has 0 atom stereocenters. The second-order valence-corrected chi connectivity index (χ2v) is 6.26. The largest absolute Gasteiger partial charge is 0.493 e. The Bertz CT molecular complexity index is 852. The monoisotopic (exact) mass is 329 g/mol. The van der Waals surface area contributed by atoms with Crippen molar-refractivity contribution in [1.82, 2.24) is 4.98 Å². The Morgan fingerprint density at radius 3 is 2.35 bits per heavy atom. The van der Waals surface area contributed by atoms with Crippen LogP contribution in [0.5, 0.6) is 11.5 Å². The second-order valence-electron chi connectivity index (χ2n) is 5.83. The van der Waals surface area contributed by atoms with E-state index in [4.69, 9.17) is 21.1 Å². The van der Waals surface area contributed by atoms with Crippen molar-refractivity contribution in [3.05, 3.63) is 47.0 Å². The molecule has 0 radical (unpaired) electrons. The molecule has 0 unspecified atom stereocenters. The molecule has 1 heterocycles. The van der Waals surface area contributed by atoms with Crippen LogP contribution in [0.2, 0.25) is 5.02 Å². The van der Waals surface area contributed by atoms with Crippen molar-refractivity contribution in [3.63, 3.8) is 0 Å². The van der Waals surface area contributed by atoms with Crippen LogP contribution in [0, 0.1) is 0 Å². The van der Waals surface area contributed by atoms with E-state index in [1.165, 1.54) is 5.56 Å². The van der Waals surface area contributed by atoms with E-state index < -0.39 is 0 Å². The van der Waals surface area contributed by atoms with E-state index in [0.29, 0.717) is 5.92 Å². The topological polar surface area (TPSA) is 34.2 Å². The van der Waals surface area contributed by atoms with Crippen LogP contribution in [-0.2, 0) is 0 Å². The van der Waals surface area contributed by atoms with Crippen LogP contribution in [0.3, 0.4) is 0 Å². The number of halogens is 1. The van der Waals surface area contributed by atoms with Crippen LogP contribution in [0.25, 0.3) is 22.2 Å². The van der Waals surface area contributed by atoms with E-state index in [9.17, 15) is 0 Å². The van der Waals surface area contributed by atoms with E-state index in [1.54, 1.807) is 14.2 Å². The number of aromatic amines is 1. The summed E-state index contributed by atoms with van der Waals surface area (Å²) in [6, 6.07) is 11.9. The summed E-state index contributed by atoms with van der Waals surface area (Å²) in [5.41, 5.74) is 4.51. The molecule has 0 aliphatic heterocycles. The first-order valence-electron chi connectivity index (χ1n) is 7.58. The van der Waals surface area contributed by atoms with E-state index in [2.05, 4.69) is 18.8 Å². The summed E-state index contributed by atoms with van der Waals surface area (Å²) in [6.45, 7) is 4.38. The average molecular weight is 330 g/mol. The number of hydrogen-bond donors (Lipinski definition) is 1. The fourth-order valence-electron chi connectivity index (χ4n) is 3.00. The first-order chi connectivity index (χ1) is 11.0. The van der Waals surface area contributed by atoms with Crippen LogP contribution in [0.4, 0.5) is 0 Å². The Morgan fingerprint density at radius 2 is 1.70 bits per heavy atom. The molecule has 4 heteroatoms. The summed E-state index contributed by atoms with van der Waals surface area (Å²) < 4.78 is 10.8. The summed E-state index contributed by atoms with van der Waals surface area (Å²) in [5, 5.41) is 1.91. The van der Waals surface area contributed by atoms with E-state index >= 15 is 0 Å². The highest BCUT2D eigenvalue weighted by Gasteiger charge is 2.17. The third-order valence-electron chi connectivity index (χ3n) is 4.05. The van der Waals surface area contributed by atoms with Gasteiger partial charge in [-0.2, -0.15) is 0 Å². The number of rotatable bonds is 4. The normalized spacial score (nSPS) is 11.2. The van der Waals surface area contributed by atoms with Gasteiger partial charge in [0.2, 0.25) is 0 Å². The SMILES string of the molecule is COc1ccc(-c2[nH]c3ccc(Cl)cc3c2C(C)C)cc1OC. The second kappa shape index (κ2) is 6.17. The minimum absolute atomic E-state index is 0.366. The van der Waals surface area contributed by atoms with Gasteiger partial charge in [0, 0.05) is 21.5 Å². The van der Waals surface area contributed by atoms with Gasteiger partial charge < -0.3 is 14.5 Å². The lowest BCUT2D eigenvalue weighted by Gasteiger charge is -2.12. The van der Waals surface area contributed by atoms with Crippen molar-refractivity contribution in [2.24, 2.45) is 0 Å². The average Bonchev–Trinajstić information content (AvgIpc) is 2.92. The molecule has 0 amide bonds. The number of H-pyrrole nitrogens is 1. The predicted molar refractivity (Wildman–Crippen MR) is 95.9 cm³/mol. The molecule has 3 nitrogen and oxygen atoms in total. The standard InChI is InChI=1S/C19H20ClNO2/c1-11(2)18-14-10-13(20)6-7-15(14)21-19(18)12-5-8-16(22-3)17(9-12)23-4/h5-11,21H,1-4H3. The molecule has 3 aromatic rings. The highest BCUT2D eigenvalue weighted by Crippen LogP contribution is 2.39. The first-order valence-corrected chi connectivity index (χ1v) is 7.96. The number of benzene rings is 2. The minimum atomic E-state index is 0.366. The molecule has 3 rings (SSSR count). The van der Waals surface area contributed by atoms with Crippen LogP contribution in [0.15, 0.2) is 36.4 Å². The van der Waals surface area contributed by atoms with Crippen molar-refractivity contribution in [1.29, 1.82) is 0 Å². The summed E-state index contributed by atoms with van der Waals surface area (Å²) >= 11 is 6.19. The quantitative estimate of drug-likeness (QED) is 0.673. The highest BCUT2D eigenvalue weighted by molar-refractivity contribution is 6.31. The van der Waals surface area contributed by atoms with Gasteiger partial charge in [0.05, 0.1) is 19.9 Å². The summed E-state index contributed by atoms with van der Waals surface area (Å²) in [6.07, 6.45) is 0. The van der Waals surface area contributed by atoms with Gasteiger partial charge in [-0.1, -0.05) is 25.4 Å². The smallest absolute Gasteiger partial charge is 0.161 e. The van der Waals surface area contributed by atoms with Gasteiger partial charge in [-0.25, -0.2) is 0 Å². The molecule has 2 aromatic carbocycles. The van der Waals surface area contributed by atoms with Gasteiger partial charge >= 0.3 is 0 Å². The molecule has 0 aliphatic carbocycles. The number of aromatic nitrogens is 1. The van der Waals surface area contributed by atoms with Gasteiger partial charge in [-0.05, 0) is 47.9 Å². The predicted octanol–water partition coefficient (Wildman–Crippen LogP) is 5.63. The van der Waals surface area contributed by atoms with Crippen molar-refractivity contribution in [2.75, 3.05) is 14.2 Å². The number of methoxy groups -OCH3 is 2. The number of fused-ring (bicyclic) bond motifs is 1. The van der Waals surface area contributed by atoms with E-state index in [1.807, 2.05) is 36.4 Å². The lowest BCUT2D eigenvalue weighted by Crippen LogP contribution is -1.93. The van der Waals surface area contributed by atoms with Crippen LogP contribution < -0.4 is 9.47 Å². The minimum Gasteiger partial charge on any atom is -0.493 e. The molecule has 0 saturated carbocycles. The third kappa shape index (κ3) is 2.77. The first kappa shape index (κ1) is 15.8. The molecule has 1 aromatic heterocycles. The molecule has 0 bridgehead atoms. The fraction of sp³-hybridized carbons (Fsp3) is 0.263. The Balaban J connectivity index is 2.25. The lowest BCUT2D eigenvalue weighted by atomic mass is 9.96. The number of hydrogen-bond acceptors (Lipinski definition) is 2. The van der Waals surface area contributed by atoms with Gasteiger partial charge in [0.1, 0.15) is 0 Å². The number of ether oxygens (including phenoxy) is 2. The zero-order valence-corrected chi connectivity index (χ0v) is 14.5. The van der Waals surface area contributed by atoms with Crippen molar-refractivity contribution in [3.8, 4) is 22.8 Å². The Morgan fingerprint density at radius 1 is 0.957 bits per heavy atom. The molecule has 0 aliphatic rings. The van der Waals surface area contributed by atoms with Gasteiger partial charge in [0.15, 0.2) is 11.5 Å². The molecule has 0 spiro atoms. The van der Waals surface area contributed by atoms with Crippen LogP contribution in [0.1, 0.15) is 25.3 Å². The third-order valence-corrected chi connectivity index (χ3v) is 4.29. The molecule has 1 N–H and O–H groups in total. The van der Waals surface area contributed by atoms with Gasteiger partial charge in [-0.3, -0.25) is 0 Å². The number of nitrogens with one attached hydrogen (secondary N) is 1. The van der Waals surface area contributed by atoms with Crippen LogP contribution >= 0.6 is 11.6 Å². The van der Waals surface area contributed by atoms with E-state index in [-0.39, 0.29) is 0 Å². The molecular weight excluding hydrogens is 310 g/mol. The molecule has 0 fully saturated rings. The molecule has 120 valence electrons. The molecular formula is C19H20ClNO2. The molecule has 23 heavy (non-hydrogen) atoms. The van der Waals surface area contributed by atoms with Gasteiger partial charge in [0.25, 0.3) is 0 Å². The van der Waals surface area contributed by atoms with Gasteiger partial charge in [-0.15, -0.1) is 0 Å². The fourth-order valence-corrected chi connectivity index (χ4v) is 3.18. The Hall–Kier alpha value is -2.13. The van der Waals surface area contributed by atoms with Crippen molar-refractivity contribution < 1.29 is 9.47 Å². The summed E-state index contributed by atoms with van der Waals surface area (Å²) in [7, 11) is 3.29. The maximum absolute atomic E-state index is 6.19. The summed E-state index contributed by atoms with van der Waals surface area (Å²) in [4.78, 5) is 3.52.